The van der Waals surface area contributed by atoms with E-state index in [2.05, 4.69) is 58.3 Å². The smallest absolute Gasteiger partial charge is 0.0372 e. The Morgan fingerprint density at radius 1 is 0.667 bits per heavy atom. The monoisotopic (exact) mass is 319 g/mol. The van der Waals surface area contributed by atoms with Gasteiger partial charge in [-0.25, -0.2) is 0 Å². The molecular formula is C22H27N2. The largest absolute Gasteiger partial charge is 0.372 e. The van der Waals surface area contributed by atoms with Gasteiger partial charge in [0.1, 0.15) is 0 Å². The van der Waals surface area contributed by atoms with Crippen LogP contribution in [-0.4, -0.2) is 26.2 Å². The van der Waals surface area contributed by atoms with Crippen LogP contribution in [0.4, 0.5) is 11.4 Å². The summed E-state index contributed by atoms with van der Waals surface area (Å²) in [5.74, 6) is 0. The third-order valence-corrected chi connectivity index (χ3v) is 5.38. The summed E-state index contributed by atoms with van der Waals surface area (Å²) < 4.78 is 0. The number of anilines is 2. The van der Waals surface area contributed by atoms with Crippen LogP contribution in [0.15, 0.2) is 42.5 Å². The maximum Gasteiger partial charge on any atom is 0.0372 e. The van der Waals surface area contributed by atoms with Gasteiger partial charge in [0.25, 0.3) is 0 Å². The number of hydrogen-bond acceptors (Lipinski definition) is 2. The van der Waals surface area contributed by atoms with Crippen molar-refractivity contribution >= 4 is 11.4 Å². The molecule has 2 aromatic carbocycles. The van der Waals surface area contributed by atoms with E-state index in [9.17, 15) is 0 Å². The van der Waals surface area contributed by atoms with Crippen LogP contribution < -0.4 is 9.80 Å². The van der Waals surface area contributed by atoms with Crippen molar-refractivity contribution < 1.29 is 0 Å². The van der Waals surface area contributed by atoms with Crippen molar-refractivity contribution in [2.45, 2.75) is 38.5 Å². The SMILES string of the molecule is [c]1ccc(N2CCCCC2)cc1-c1cccc(N2CCCCC2)c1. The summed E-state index contributed by atoms with van der Waals surface area (Å²) in [6.07, 6.45) is 8.03. The maximum atomic E-state index is 3.45. The topological polar surface area (TPSA) is 6.48 Å². The fourth-order valence-corrected chi connectivity index (χ4v) is 3.99. The predicted molar refractivity (Wildman–Crippen MR) is 103 cm³/mol. The minimum atomic E-state index is 1.19. The molecule has 2 nitrogen and oxygen atoms in total. The molecule has 2 fully saturated rings. The molecule has 24 heavy (non-hydrogen) atoms. The first-order valence-corrected chi connectivity index (χ1v) is 9.52. The van der Waals surface area contributed by atoms with Crippen LogP contribution in [0.3, 0.4) is 0 Å². The second-order valence-corrected chi connectivity index (χ2v) is 7.11. The van der Waals surface area contributed by atoms with Crippen molar-refractivity contribution in [3.05, 3.63) is 48.5 Å². The summed E-state index contributed by atoms with van der Waals surface area (Å²) in [6, 6.07) is 19.1. The fraction of sp³-hybridized carbons (Fsp3) is 0.455. The fourth-order valence-electron chi connectivity index (χ4n) is 3.99. The Morgan fingerprint density at radius 2 is 1.29 bits per heavy atom. The Bertz CT molecular complexity index is 608. The van der Waals surface area contributed by atoms with Crippen molar-refractivity contribution in [2.24, 2.45) is 0 Å². The van der Waals surface area contributed by atoms with Gasteiger partial charge in [0.05, 0.1) is 0 Å². The zero-order chi connectivity index (χ0) is 16.2. The summed E-state index contributed by atoms with van der Waals surface area (Å²) in [4.78, 5) is 5.05. The van der Waals surface area contributed by atoms with E-state index in [0.29, 0.717) is 0 Å². The van der Waals surface area contributed by atoms with Crippen LogP contribution in [0, 0.1) is 6.07 Å². The standard InChI is InChI=1S/C22H27N2/c1-3-13-23(14-4-1)21-11-7-9-19(17-21)20-10-8-12-22(18-20)24-15-5-2-6-16-24/h7-9,11-12,17-18H,1-6,13-16H2. The number of nitrogens with zero attached hydrogens (tertiary/aromatic N) is 2. The zero-order valence-corrected chi connectivity index (χ0v) is 14.5. The molecule has 125 valence electrons. The highest BCUT2D eigenvalue weighted by atomic mass is 15.1. The summed E-state index contributed by atoms with van der Waals surface area (Å²) in [7, 11) is 0. The minimum absolute atomic E-state index is 1.19. The van der Waals surface area contributed by atoms with Gasteiger partial charge in [-0.2, -0.15) is 0 Å². The van der Waals surface area contributed by atoms with Crippen LogP contribution >= 0.6 is 0 Å². The quantitative estimate of drug-likeness (QED) is 0.773. The molecular weight excluding hydrogens is 292 g/mol. The highest BCUT2D eigenvalue weighted by molar-refractivity contribution is 5.71. The van der Waals surface area contributed by atoms with E-state index in [0.717, 1.165) is 0 Å². The van der Waals surface area contributed by atoms with E-state index >= 15 is 0 Å². The molecule has 0 unspecified atom stereocenters. The van der Waals surface area contributed by atoms with E-state index in [4.69, 9.17) is 0 Å². The molecule has 0 aromatic heterocycles. The second kappa shape index (κ2) is 7.29. The van der Waals surface area contributed by atoms with Crippen molar-refractivity contribution in [1.29, 1.82) is 0 Å². The van der Waals surface area contributed by atoms with E-state index in [1.807, 2.05) is 0 Å². The molecule has 2 saturated heterocycles. The molecule has 0 amide bonds. The molecule has 0 bridgehead atoms. The Morgan fingerprint density at radius 3 is 1.96 bits per heavy atom. The maximum absolute atomic E-state index is 3.45. The van der Waals surface area contributed by atoms with E-state index in [-0.39, 0.29) is 0 Å². The lowest BCUT2D eigenvalue weighted by atomic mass is 10.0. The molecule has 0 aliphatic carbocycles. The molecule has 2 heteroatoms. The summed E-state index contributed by atoms with van der Waals surface area (Å²) in [5.41, 5.74) is 5.23. The highest BCUT2D eigenvalue weighted by Gasteiger charge is 2.13. The second-order valence-electron chi connectivity index (χ2n) is 7.11. The highest BCUT2D eigenvalue weighted by Crippen LogP contribution is 2.29. The molecule has 2 aliphatic heterocycles. The number of hydrogen-bond donors (Lipinski definition) is 0. The minimum Gasteiger partial charge on any atom is -0.372 e. The predicted octanol–water partition coefficient (Wildman–Crippen LogP) is 5.13. The Hall–Kier alpha value is -1.96. The number of piperidine rings is 2. The summed E-state index contributed by atoms with van der Waals surface area (Å²) in [6.45, 7) is 4.77. The van der Waals surface area contributed by atoms with Crippen LogP contribution in [0.1, 0.15) is 38.5 Å². The summed E-state index contributed by atoms with van der Waals surface area (Å²) in [5, 5.41) is 0. The molecule has 0 saturated carbocycles. The number of benzene rings is 2. The summed E-state index contributed by atoms with van der Waals surface area (Å²) >= 11 is 0. The van der Waals surface area contributed by atoms with Gasteiger partial charge in [-0.3, -0.25) is 0 Å². The number of rotatable bonds is 3. The Kier molecular flexibility index (Phi) is 4.73. The van der Waals surface area contributed by atoms with Crippen molar-refractivity contribution in [3.8, 4) is 11.1 Å². The first-order chi connectivity index (χ1) is 11.9. The zero-order valence-electron chi connectivity index (χ0n) is 14.5. The molecule has 4 rings (SSSR count). The lowest BCUT2D eigenvalue weighted by Gasteiger charge is -2.30. The molecule has 2 heterocycles. The first-order valence-electron chi connectivity index (χ1n) is 9.52. The van der Waals surface area contributed by atoms with E-state index < -0.39 is 0 Å². The van der Waals surface area contributed by atoms with Gasteiger partial charge in [-0.1, -0.05) is 18.2 Å². The van der Waals surface area contributed by atoms with Gasteiger partial charge in [-0.15, -0.1) is 0 Å². The lowest BCUT2D eigenvalue weighted by molar-refractivity contribution is 0.578. The van der Waals surface area contributed by atoms with Gasteiger partial charge >= 0.3 is 0 Å². The van der Waals surface area contributed by atoms with Crippen LogP contribution in [-0.2, 0) is 0 Å². The third kappa shape index (κ3) is 3.43. The van der Waals surface area contributed by atoms with Crippen molar-refractivity contribution in [2.75, 3.05) is 36.0 Å². The van der Waals surface area contributed by atoms with Gasteiger partial charge < -0.3 is 9.80 Å². The van der Waals surface area contributed by atoms with Crippen LogP contribution in [0.2, 0.25) is 0 Å². The van der Waals surface area contributed by atoms with Gasteiger partial charge in [0, 0.05) is 37.6 Å². The van der Waals surface area contributed by atoms with E-state index in [1.165, 1.54) is 87.2 Å². The van der Waals surface area contributed by atoms with Gasteiger partial charge in [0.2, 0.25) is 0 Å². The van der Waals surface area contributed by atoms with Crippen LogP contribution in [0.25, 0.3) is 11.1 Å². The molecule has 2 aliphatic rings. The lowest BCUT2D eigenvalue weighted by Crippen LogP contribution is -2.29. The van der Waals surface area contributed by atoms with Crippen LogP contribution in [0.5, 0.6) is 0 Å². The molecule has 0 atom stereocenters. The molecule has 1 radical (unpaired) electrons. The van der Waals surface area contributed by atoms with Gasteiger partial charge in [-0.05, 0) is 80.0 Å². The van der Waals surface area contributed by atoms with E-state index in [1.54, 1.807) is 0 Å². The normalized spacial score (nSPS) is 18.7. The van der Waals surface area contributed by atoms with Gasteiger partial charge in [0.15, 0.2) is 0 Å². The first kappa shape index (κ1) is 15.6. The average molecular weight is 319 g/mol. The molecule has 0 N–H and O–H groups in total. The molecule has 2 aromatic rings. The van der Waals surface area contributed by atoms with Crippen molar-refractivity contribution in [1.82, 2.24) is 0 Å². The van der Waals surface area contributed by atoms with Crippen molar-refractivity contribution in [3.63, 3.8) is 0 Å². The Balaban J connectivity index is 1.59. The molecule has 0 spiro atoms. The third-order valence-electron chi connectivity index (χ3n) is 5.38. The average Bonchev–Trinajstić information content (AvgIpc) is 2.70. The Labute approximate surface area is 146 Å².